The number of anilines is 1. The van der Waals surface area contributed by atoms with Crippen molar-refractivity contribution in [3.8, 4) is 11.1 Å². The third-order valence-corrected chi connectivity index (χ3v) is 6.40. The smallest absolute Gasteiger partial charge is 0.321 e. The van der Waals surface area contributed by atoms with Crippen LogP contribution in [0.4, 0.5) is 19.3 Å². The Kier molecular flexibility index (Phi) is 6.18. The average Bonchev–Trinajstić information content (AvgIpc) is 2.66. The Hall–Kier alpha value is -2.52. The van der Waals surface area contributed by atoms with Crippen molar-refractivity contribution in [2.75, 3.05) is 31.7 Å². The number of carbonyl (C=O) groups is 1. The van der Waals surface area contributed by atoms with Crippen LogP contribution in [0.3, 0.4) is 0 Å². The molecule has 0 aromatic heterocycles. The van der Waals surface area contributed by atoms with Crippen LogP contribution in [0.15, 0.2) is 42.5 Å². The summed E-state index contributed by atoms with van der Waals surface area (Å²) in [6, 6.07) is 9.62. The molecule has 156 valence electrons. The van der Waals surface area contributed by atoms with Crippen LogP contribution in [0.2, 0.25) is 0 Å². The number of hydrogen-bond donors (Lipinski definition) is 1. The highest BCUT2D eigenvalue weighted by Crippen LogP contribution is 2.24. The van der Waals surface area contributed by atoms with Crippen LogP contribution in [0.5, 0.6) is 0 Å². The van der Waals surface area contributed by atoms with Gasteiger partial charge in [-0.25, -0.2) is 26.3 Å². The maximum absolute atomic E-state index is 13.4. The Balaban J connectivity index is 1.60. The van der Waals surface area contributed by atoms with Crippen molar-refractivity contribution in [2.45, 2.75) is 18.9 Å². The molecule has 2 aromatic carbocycles. The summed E-state index contributed by atoms with van der Waals surface area (Å²) in [4.78, 5) is 14.1. The van der Waals surface area contributed by atoms with Crippen molar-refractivity contribution in [3.05, 3.63) is 54.1 Å². The quantitative estimate of drug-likeness (QED) is 0.818. The summed E-state index contributed by atoms with van der Waals surface area (Å²) in [5, 5.41) is 2.79. The highest BCUT2D eigenvalue weighted by Gasteiger charge is 2.29. The lowest BCUT2D eigenvalue weighted by atomic mass is 10.0. The SMILES string of the molecule is CN(C(=O)Nc1ccc(-c2cc(F)cc(F)c2)cc1)C1CCN(S(C)(=O)=O)CC1. The molecule has 0 radical (unpaired) electrons. The molecule has 1 N–H and O–H groups in total. The first-order valence-corrected chi connectivity index (χ1v) is 11.0. The van der Waals surface area contributed by atoms with Crippen LogP contribution in [-0.4, -0.2) is 56.1 Å². The molecule has 2 aromatic rings. The van der Waals surface area contributed by atoms with Gasteiger partial charge in [-0.2, -0.15) is 0 Å². The number of urea groups is 1. The number of carbonyl (C=O) groups excluding carboxylic acids is 1. The van der Waals surface area contributed by atoms with Gasteiger partial charge in [-0.15, -0.1) is 0 Å². The van der Waals surface area contributed by atoms with E-state index in [0.717, 1.165) is 6.07 Å². The van der Waals surface area contributed by atoms with Crippen LogP contribution >= 0.6 is 0 Å². The summed E-state index contributed by atoms with van der Waals surface area (Å²) in [6.07, 6.45) is 2.33. The van der Waals surface area contributed by atoms with Gasteiger partial charge in [-0.05, 0) is 48.2 Å². The molecule has 0 unspecified atom stereocenters. The molecule has 1 aliphatic rings. The minimum Gasteiger partial charge on any atom is -0.325 e. The third kappa shape index (κ3) is 5.30. The van der Waals surface area contributed by atoms with Crippen molar-refractivity contribution in [3.63, 3.8) is 0 Å². The molecule has 0 bridgehead atoms. The van der Waals surface area contributed by atoms with Gasteiger partial charge in [0.1, 0.15) is 11.6 Å². The molecule has 29 heavy (non-hydrogen) atoms. The second-order valence-electron chi connectivity index (χ2n) is 7.17. The Bertz CT molecular complexity index is 968. The fourth-order valence-corrected chi connectivity index (χ4v) is 4.28. The molecule has 3 rings (SSSR count). The zero-order chi connectivity index (χ0) is 21.2. The molecule has 1 fully saturated rings. The number of rotatable bonds is 4. The second-order valence-corrected chi connectivity index (χ2v) is 9.15. The van der Waals surface area contributed by atoms with Crippen molar-refractivity contribution in [2.24, 2.45) is 0 Å². The summed E-state index contributed by atoms with van der Waals surface area (Å²) in [5.41, 5.74) is 1.59. The van der Waals surface area contributed by atoms with Gasteiger partial charge in [0.25, 0.3) is 0 Å². The Labute approximate surface area is 169 Å². The van der Waals surface area contributed by atoms with E-state index in [4.69, 9.17) is 0 Å². The van der Waals surface area contributed by atoms with E-state index in [2.05, 4.69) is 5.32 Å². The number of hydrogen-bond acceptors (Lipinski definition) is 3. The molecule has 1 saturated heterocycles. The number of halogens is 2. The number of nitrogens with one attached hydrogen (secondary N) is 1. The summed E-state index contributed by atoms with van der Waals surface area (Å²) in [7, 11) is -1.53. The summed E-state index contributed by atoms with van der Waals surface area (Å²) in [5.74, 6) is -1.30. The number of sulfonamides is 1. The van der Waals surface area contributed by atoms with E-state index < -0.39 is 21.7 Å². The largest absolute Gasteiger partial charge is 0.325 e. The van der Waals surface area contributed by atoms with Gasteiger partial charge in [0.15, 0.2) is 0 Å². The topological polar surface area (TPSA) is 69.7 Å². The number of amides is 2. The Morgan fingerprint density at radius 3 is 2.10 bits per heavy atom. The lowest BCUT2D eigenvalue weighted by molar-refractivity contribution is 0.174. The monoisotopic (exact) mass is 423 g/mol. The molecular weight excluding hydrogens is 400 g/mol. The maximum atomic E-state index is 13.4. The highest BCUT2D eigenvalue weighted by molar-refractivity contribution is 7.88. The molecular formula is C20H23F2N3O3S. The predicted molar refractivity (Wildman–Crippen MR) is 108 cm³/mol. The molecule has 0 spiro atoms. The zero-order valence-electron chi connectivity index (χ0n) is 16.2. The zero-order valence-corrected chi connectivity index (χ0v) is 17.0. The number of piperidine rings is 1. The minimum absolute atomic E-state index is 0.0532. The van der Waals surface area contributed by atoms with Crippen LogP contribution < -0.4 is 5.32 Å². The van der Waals surface area contributed by atoms with Crippen molar-refractivity contribution < 1.29 is 22.0 Å². The summed E-state index contributed by atoms with van der Waals surface area (Å²) < 4.78 is 51.4. The van der Waals surface area contributed by atoms with E-state index in [1.165, 1.54) is 22.7 Å². The fraction of sp³-hybridized carbons (Fsp3) is 0.350. The number of benzene rings is 2. The molecule has 2 amide bonds. The van der Waals surface area contributed by atoms with Gasteiger partial charge < -0.3 is 10.2 Å². The third-order valence-electron chi connectivity index (χ3n) is 5.09. The predicted octanol–water partition coefficient (Wildman–Crippen LogP) is 3.52. The normalized spacial score (nSPS) is 15.9. The van der Waals surface area contributed by atoms with Crippen LogP contribution in [0, 0.1) is 11.6 Å². The van der Waals surface area contributed by atoms with Gasteiger partial charge in [0, 0.05) is 37.9 Å². The maximum Gasteiger partial charge on any atom is 0.321 e. The van der Waals surface area contributed by atoms with E-state index in [-0.39, 0.29) is 12.1 Å². The van der Waals surface area contributed by atoms with E-state index in [0.29, 0.717) is 42.7 Å². The molecule has 0 saturated carbocycles. The fourth-order valence-electron chi connectivity index (χ4n) is 3.41. The van der Waals surface area contributed by atoms with Gasteiger partial charge >= 0.3 is 6.03 Å². The van der Waals surface area contributed by atoms with E-state index in [1.54, 1.807) is 36.2 Å². The van der Waals surface area contributed by atoms with Crippen LogP contribution in [0.1, 0.15) is 12.8 Å². The Morgan fingerprint density at radius 1 is 1.03 bits per heavy atom. The lowest BCUT2D eigenvalue weighted by Gasteiger charge is -2.35. The summed E-state index contributed by atoms with van der Waals surface area (Å²) in [6.45, 7) is 0.778. The molecule has 0 aliphatic carbocycles. The molecule has 6 nitrogen and oxygen atoms in total. The standard InChI is InChI=1S/C20H23F2N3O3S/c1-24(19-7-9-25(10-8-19)29(2,27)28)20(26)23-18-5-3-14(4-6-18)15-11-16(21)13-17(22)12-15/h3-6,11-13,19H,7-10H2,1-2H3,(H,23,26). The van der Waals surface area contributed by atoms with E-state index in [9.17, 15) is 22.0 Å². The highest BCUT2D eigenvalue weighted by atomic mass is 32.2. The number of nitrogens with zero attached hydrogens (tertiary/aromatic N) is 2. The lowest BCUT2D eigenvalue weighted by Crippen LogP contribution is -2.48. The summed E-state index contributed by atoms with van der Waals surface area (Å²) >= 11 is 0. The first kappa shape index (κ1) is 21.2. The van der Waals surface area contributed by atoms with Gasteiger partial charge in [0.2, 0.25) is 10.0 Å². The minimum atomic E-state index is -3.21. The van der Waals surface area contributed by atoms with Gasteiger partial charge in [-0.1, -0.05) is 12.1 Å². The molecule has 0 atom stereocenters. The van der Waals surface area contributed by atoms with Crippen molar-refractivity contribution >= 4 is 21.7 Å². The first-order valence-electron chi connectivity index (χ1n) is 9.19. The van der Waals surface area contributed by atoms with Gasteiger partial charge in [-0.3, -0.25) is 0 Å². The molecule has 1 heterocycles. The van der Waals surface area contributed by atoms with Crippen LogP contribution in [-0.2, 0) is 10.0 Å². The first-order chi connectivity index (χ1) is 13.6. The van der Waals surface area contributed by atoms with Crippen molar-refractivity contribution in [1.29, 1.82) is 0 Å². The van der Waals surface area contributed by atoms with E-state index >= 15 is 0 Å². The van der Waals surface area contributed by atoms with Crippen molar-refractivity contribution in [1.82, 2.24) is 9.21 Å². The Morgan fingerprint density at radius 2 is 1.59 bits per heavy atom. The van der Waals surface area contributed by atoms with Gasteiger partial charge in [0.05, 0.1) is 6.26 Å². The van der Waals surface area contributed by atoms with E-state index in [1.807, 2.05) is 0 Å². The molecule has 1 aliphatic heterocycles. The van der Waals surface area contributed by atoms with Crippen LogP contribution in [0.25, 0.3) is 11.1 Å². The average molecular weight is 423 g/mol. The second kappa shape index (κ2) is 8.46. The molecule has 9 heteroatoms.